The molecular formula is C21H22N2O5. The summed E-state index contributed by atoms with van der Waals surface area (Å²) in [6.07, 6.45) is 3.32. The van der Waals surface area contributed by atoms with Crippen molar-refractivity contribution in [2.75, 3.05) is 31.1 Å². The van der Waals surface area contributed by atoms with Crippen molar-refractivity contribution in [2.45, 2.75) is 19.3 Å². The van der Waals surface area contributed by atoms with E-state index < -0.39 is 0 Å². The fourth-order valence-corrected chi connectivity index (χ4v) is 3.80. The molecule has 0 atom stereocenters. The van der Waals surface area contributed by atoms with Gasteiger partial charge in [-0.05, 0) is 43.0 Å². The van der Waals surface area contributed by atoms with E-state index in [1.54, 1.807) is 21.9 Å². The molecule has 0 bridgehead atoms. The highest BCUT2D eigenvalue weighted by Gasteiger charge is 2.31. The van der Waals surface area contributed by atoms with E-state index in [1.807, 2.05) is 24.3 Å². The topological polar surface area (TPSA) is 80.1 Å². The van der Waals surface area contributed by atoms with Crippen molar-refractivity contribution in [3.05, 3.63) is 54.0 Å². The molecule has 7 nitrogen and oxygen atoms in total. The molecule has 2 aromatic rings. The summed E-state index contributed by atoms with van der Waals surface area (Å²) in [4.78, 5) is 40.4. The van der Waals surface area contributed by atoms with Gasteiger partial charge in [0.05, 0.1) is 12.2 Å². The first-order chi connectivity index (χ1) is 13.6. The second-order valence-corrected chi connectivity index (χ2v) is 7.08. The highest BCUT2D eigenvalue weighted by atomic mass is 16.5. The zero-order valence-corrected chi connectivity index (χ0v) is 15.5. The van der Waals surface area contributed by atoms with E-state index in [0.717, 1.165) is 17.7 Å². The number of hydrogen-bond acceptors (Lipinski definition) is 5. The zero-order valence-electron chi connectivity index (χ0n) is 15.5. The number of fused-ring (bicyclic) bond motifs is 1. The summed E-state index contributed by atoms with van der Waals surface area (Å²) in [6.45, 7) is 1.29. The standard InChI is InChI=1S/C21H22N2O5/c24-19(23-12-9-15-4-1-2-5-17(15)23)14-28-21(26)16-7-10-22(11-8-16)20(25)18-6-3-13-27-18/h1-6,13,16H,7-12,14H2. The Labute approximate surface area is 162 Å². The molecule has 28 heavy (non-hydrogen) atoms. The number of furan rings is 1. The number of carbonyl (C=O) groups excluding carboxylic acids is 3. The summed E-state index contributed by atoms with van der Waals surface area (Å²) >= 11 is 0. The molecule has 0 aliphatic carbocycles. The quantitative estimate of drug-likeness (QED) is 0.758. The van der Waals surface area contributed by atoms with Gasteiger partial charge in [0.15, 0.2) is 12.4 Å². The summed E-state index contributed by atoms with van der Waals surface area (Å²) in [7, 11) is 0. The molecule has 1 saturated heterocycles. The Morgan fingerprint density at radius 2 is 1.82 bits per heavy atom. The molecule has 4 rings (SSSR count). The van der Waals surface area contributed by atoms with Crippen molar-refractivity contribution >= 4 is 23.5 Å². The number of hydrogen-bond donors (Lipinski definition) is 0. The third kappa shape index (κ3) is 3.65. The van der Waals surface area contributed by atoms with Crippen molar-refractivity contribution in [1.82, 2.24) is 4.90 Å². The first-order valence-electron chi connectivity index (χ1n) is 9.51. The number of anilines is 1. The lowest BCUT2D eigenvalue weighted by molar-refractivity contribution is -0.153. The molecule has 2 aliphatic rings. The average molecular weight is 382 g/mol. The van der Waals surface area contributed by atoms with Crippen molar-refractivity contribution in [3.63, 3.8) is 0 Å². The van der Waals surface area contributed by atoms with E-state index in [2.05, 4.69) is 0 Å². The van der Waals surface area contributed by atoms with Crippen LogP contribution in [0.3, 0.4) is 0 Å². The maximum Gasteiger partial charge on any atom is 0.309 e. The number of rotatable bonds is 4. The molecule has 1 aromatic heterocycles. The number of carbonyl (C=O) groups is 3. The Kier molecular flexibility index (Phi) is 5.14. The van der Waals surface area contributed by atoms with Crippen LogP contribution in [-0.4, -0.2) is 48.9 Å². The van der Waals surface area contributed by atoms with Crippen LogP contribution in [0.1, 0.15) is 29.0 Å². The van der Waals surface area contributed by atoms with Gasteiger partial charge in [0.25, 0.3) is 11.8 Å². The second kappa shape index (κ2) is 7.88. The van der Waals surface area contributed by atoms with E-state index in [0.29, 0.717) is 38.2 Å². The molecule has 146 valence electrons. The summed E-state index contributed by atoms with van der Waals surface area (Å²) in [5, 5.41) is 0. The molecule has 0 radical (unpaired) electrons. The molecule has 0 spiro atoms. The maximum atomic E-state index is 12.5. The number of nitrogens with zero attached hydrogens (tertiary/aromatic N) is 2. The molecule has 0 unspecified atom stereocenters. The minimum atomic E-state index is -0.370. The van der Waals surface area contributed by atoms with Crippen LogP contribution in [0.5, 0.6) is 0 Å². The smallest absolute Gasteiger partial charge is 0.309 e. The van der Waals surface area contributed by atoms with Crippen LogP contribution in [-0.2, 0) is 20.7 Å². The third-order valence-electron chi connectivity index (χ3n) is 5.37. The Morgan fingerprint density at radius 1 is 1.04 bits per heavy atom. The molecule has 3 heterocycles. The largest absolute Gasteiger partial charge is 0.459 e. The zero-order chi connectivity index (χ0) is 19.5. The minimum Gasteiger partial charge on any atom is -0.459 e. The number of piperidine rings is 1. The van der Waals surface area contributed by atoms with Gasteiger partial charge in [-0.15, -0.1) is 0 Å². The van der Waals surface area contributed by atoms with E-state index in [1.165, 1.54) is 6.26 Å². The molecular weight excluding hydrogens is 360 g/mol. The summed E-state index contributed by atoms with van der Waals surface area (Å²) in [5.74, 6) is -0.730. The van der Waals surface area contributed by atoms with Gasteiger partial charge in [-0.25, -0.2) is 0 Å². The third-order valence-corrected chi connectivity index (χ3v) is 5.37. The molecule has 0 saturated carbocycles. The van der Waals surface area contributed by atoms with Gasteiger partial charge in [0.2, 0.25) is 0 Å². The fraction of sp³-hybridized carbons (Fsp3) is 0.381. The van der Waals surface area contributed by atoms with Crippen LogP contribution in [0.4, 0.5) is 5.69 Å². The lowest BCUT2D eigenvalue weighted by Crippen LogP contribution is -2.41. The highest BCUT2D eigenvalue weighted by molar-refractivity contribution is 5.97. The number of esters is 1. The predicted molar refractivity (Wildman–Crippen MR) is 101 cm³/mol. The van der Waals surface area contributed by atoms with E-state index in [9.17, 15) is 14.4 Å². The van der Waals surface area contributed by atoms with Gasteiger partial charge in [0.1, 0.15) is 0 Å². The second-order valence-electron chi connectivity index (χ2n) is 7.08. The Morgan fingerprint density at radius 3 is 2.57 bits per heavy atom. The number of ether oxygens (including phenoxy) is 1. The predicted octanol–water partition coefficient (Wildman–Crippen LogP) is 2.26. The van der Waals surface area contributed by atoms with Gasteiger partial charge < -0.3 is 19.0 Å². The van der Waals surface area contributed by atoms with Crippen LogP contribution in [0.2, 0.25) is 0 Å². The van der Waals surface area contributed by atoms with Gasteiger partial charge in [-0.2, -0.15) is 0 Å². The number of benzene rings is 1. The first-order valence-corrected chi connectivity index (χ1v) is 9.51. The average Bonchev–Trinajstić information content (AvgIpc) is 3.41. The summed E-state index contributed by atoms with van der Waals surface area (Å²) in [6, 6.07) is 11.1. The molecule has 2 amide bonds. The highest BCUT2D eigenvalue weighted by Crippen LogP contribution is 2.27. The molecule has 7 heteroatoms. The lowest BCUT2D eigenvalue weighted by atomic mass is 9.97. The minimum absolute atomic E-state index is 0.167. The van der Waals surface area contributed by atoms with Gasteiger partial charge in [-0.1, -0.05) is 18.2 Å². The van der Waals surface area contributed by atoms with Crippen molar-refractivity contribution in [1.29, 1.82) is 0 Å². The lowest BCUT2D eigenvalue weighted by Gasteiger charge is -2.30. The fourth-order valence-electron chi connectivity index (χ4n) is 3.80. The normalized spacial score (nSPS) is 16.7. The number of amides is 2. The maximum absolute atomic E-state index is 12.5. The monoisotopic (exact) mass is 382 g/mol. The van der Waals surface area contributed by atoms with Gasteiger partial charge >= 0.3 is 5.97 Å². The van der Waals surface area contributed by atoms with Crippen molar-refractivity contribution in [3.8, 4) is 0 Å². The van der Waals surface area contributed by atoms with Crippen LogP contribution >= 0.6 is 0 Å². The van der Waals surface area contributed by atoms with Gasteiger partial charge in [0, 0.05) is 25.3 Å². The Bertz CT molecular complexity index is 869. The molecule has 0 N–H and O–H groups in total. The van der Waals surface area contributed by atoms with E-state index >= 15 is 0 Å². The van der Waals surface area contributed by atoms with E-state index in [-0.39, 0.29) is 30.3 Å². The van der Waals surface area contributed by atoms with Crippen molar-refractivity contribution in [2.24, 2.45) is 5.92 Å². The summed E-state index contributed by atoms with van der Waals surface area (Å²) in [5.41, 5.74) is 2.03. The summed E-state index contributed by atoms with van der Waals surface area (Å²) < 4.78 is 10.4. The molecule has 2 aliphatic heterocycles. The SMILES string of the molecule is O=C(OCC(=O)N1CCc2ccccc21)C1CCN(C(=O)c2ccco2)CC1. The molecule has 1 aromatic carbocycles. The Hall–Kier alpha value is -3.09. The van der Waals surface area contributed by atoms with Crippen LogP contribution < -0.4 is 4.90 Å². The van der Waals surface area contributed by atoms with Crippen LogP contribution in [0, 0.1) is 5.92 Å². The van der Waals surface area contributed by atoms with E-state index in [4.69, 9.17) is 9.15 Å². The first kappa shape index (κ1) is 18.3. The Balaban J connectivity index is 1.25. The van der Waals surface area contributed by atoms with Crippen LogP contribution in [0.25, 0.3) is 0 Å². The van der Waals surface area contributed by atoms with Crippen LogP contribution in [0.15, 0.2) is 47.1 Å². The molecule has 1 fully saturated rings. The van der Waals surface area contributed by atoms with Gasteiger partial charge in [-0.3, -0.25) is 14.4 Å². The number of likely N-dealkylation sites (tertiary alicyclic amines) is 1. The van der Waals surface area contributed by atoms with Crippen molar-refractivity contribution < 1.29 is 23.5 Å². The number of para-hydroxylation sites is 1.